The fourth-order valence-corrected chi connectivity index (χ4v) is 1.94. The van der Waals surface area contributed by atoms with Crippen LogP contribution in [-0.2, 0) is 6.54 Å². The number of methoxy groups -OCH3 is 1. The number of halogens is 2. The molecule has 0 unspecified atom stereocenters. The van der Waals surface area contributed by atoms with E-state index in [1.807, 2.05) is 6.92 Å². The number of nitrogens with one attached hydrogen (secondary N) is 1. The highest BCUT2D eigenvalue weighted by Crippen LogP contribution is 2.22. The number of nitrogens with zero attached hydrogens (tertiary/aromatic N) is 2. The number of carbonyl (C=O) groups excluding carboxylic acids is 1. The fourth-order valence-electron chi connectivity index (χ4n) is 1.94. The van der Waals surface area contributed by atoms with Crippen molar-refractivity contribution in [3.05, 3.63) is 41.1 Å². The molecule has 1 aromatic heterocycles. The first-order valence-corrected chi connectivity index (χ1v) is 6.34. The van der Waals surface area contributed by atoms with Gasteiger partial charge in [-0.15, -0.1) is 0 Å². The van der Waals surface area contributed by atoms with Gasteiger partial charge in [0, 0.05) is 24.2 Å². The third-order valence-corrected chi connectivity index (χ3v) is 3.03. The standard InChI is InChI=1S/C14H15F2N3O2/c1-4-19-13(8(2)7-17-19)18-14(20)12-10(15)5-9(21-3)6-11(12)16/h5-7H,4H2,1-3H3,(H,18,20). The molecule has 0 atom stereocenters. The highest BCUT2D eigenvalue weighted by atomic mass is 19.1. The maximum atomic E-state index is 13.9. The number of hydrogen-bond donors (Lipinski definition) is 1. The van der Waals surface area contributed by atoms with Crippen LogP contribution < -0.4 is 10.1 Å². The zero-order valence-electron chi connectivity index (χ0n) is 11.9. The molecule has 1 N–H and O–H groups in total. The molecule has 0 bridgehead atoms. The van der Waals surface area contributed by atoms with Gasteiger partial charge in [-0.05, 0) is 13.8 Å². The molecule has 0 saturated heterocycles. The average molecular weight is 295 g/mol. The summed E-state index contributed by atoms with van der Waals surface area (Å²) < 4.78 is 34.0. The maximum absolute atomic E-state index is 13.9. The lowest BCUT2D eigenvalue weighted by atomic mass is 10.1. The molecule has 0 radical (unpaired) electrons. The number of aromatic nitrogens is 2. The molecular formula is C14H15F2N3O2. The van der Waals surface area contributed by atoms with E-state index in [9.17, 15) is 13.6 Å². The molecule has 0 aliphatic heterocycles. The summed E-state index contributed by atoms with van der Waals surface area (Å²) in [6, 6.07) is 1.92. The molecule has 1 aromatic carbocycles. The van der Waals surface area contributed by atoms with Gasteiger partial charge < -0.3 is 10.1 Å². The molecule has 0 saturated carbocycles. The van der Waals surface area contributed by atoms with Crippen molar-refractivity contribution in [3.8, 4) is 5.75 Å². The Kier molecular flexibility index (Phi) is 4.21. The van der Waals surface area contributed by atoms with E-state index in [0.29, 0.717) is 17.9 Å². The summed E-state index contributed by atoms with van der Waals surface area (Å²) in [5, 5.41) is 6.53. The molecule has 112 valence electrons. The smallest absolute Gasteiger partial charge is 0.262 e. The lowest BCUT2D eigenvalue weighted by Crippen LogP contribution is -2.19. The van der Waals surface area contributed by atoms with Gasteiger partial charge in [0.25, 0.3) is 5.91 Å². The molecule has 7 heteroatoms. The summed E-state index contributed by atoms with van der Waals surface area (Å²) >= 11 is 0. The highest BCUT2D eigenvalue weighted by Gasteiger charge is 2.21. The number of benzene rings is 1. The average Bonchev–Trinajstić information content (AvgIpc) is 2.78. The molecule has 2 aromatic rings. The maximum Gasteiger partial charge on any atom is 0.262 e. The second kappa shape index (κ2) is 5.90. The summed E-state index contributed by atoms with van der Waals surface area (Å²) in [7, 11) is 1.29. The summed E-state index contributed by atoms with van der Waals surface area (Å²) in [5.41, 5.74) is 0.0542. The van der Waals surface area contributed by atoms with Crippen LogP contribution in [0.1, 0.15) is 22.8 Å². The normalized spacial score (nSPS) is 10.5. The molecular weight excluding hydrogens is 280 g/mol. The summed E-state index contributed by atoms with van der Waals surface area (Å²) in [5.74, 6) is -2.41. The van der Waals surface area contributed by atoms with Crippen molar-refractivity contribution in [3.63, 3.8) is 0 Å². The number of aryl methyl sites for hydroxylation is 2. The van der Waals surface area contributed by atoms with Crippen molar-refractivity contribution in [2.75, 3.05) is 12.4 Å². The Morgan fingerprint density at radius 2 is 2.00 bits per heavy atom. The van der Waals surface area contributed by atoms with Gasteiger partial charge in [-0.3, -0.25) is 4.79 Å². The number of rotatable bonds is 4. The number of hydrogen-bond acceptors (Lipinski definition) is 3. The van der Waals surface area contributed by atoms with Gasteiger partial charge in [0.15, 0.2) is 0 Å². The summed E-state index contributed by atoms with van der Waals surface area (Å²) in [6.07, 6.45) is 1.57. The monoisotopic (exact) mass is 295 g/mol. The van der Waals surface area contributed by atoms with Gasteiger partial charge in [0.1, 0.15) is 28.8 Å². The number of carbonyl (C=O) groups is 1. The van der Waals surface area contributed by atoms with E-state index in [4.69, 9.17) is 4.74 Å². The Morgan fingerprint density at radius 1 is 1.38 bits per heavy atom. The highest BCUT2D eigenvalue weighted by molar-refractivity contribution is 6.04. The lowest BCUT2D eigenvalue weighted by Gasteiger charge is -2.10. The largest absolute Gasteiger partial charge is 0.497 e. The first-order valence-electron chi connectivity index (χ1n) is 6.34. The van der Waals surface area contributed by atoms with Gasteiger partial charge in [0.05, 0.1) is 13.3 Å². The van der Waals surface area contributed by atoms with Crippen LogP contribution in [-0.4, -0.2) is 22.8 Å². The Bertz CT molecular complexity index is 660. The molecule has 0 aliphatic rings. The predicted octanol–water partition coefficient (Wildman–Crippen LogP) is 2.75. The Balaban J connectivity index is 2.35. The molecule has 21 heavy (non-hydrogen) atoms. The van der Waals surface area contributed by atoms with E-state index in [2.05, 4.69) is 10.4 Å². The van der Waals surface area contributed by atoms with Crippen LogP contribution in [0.15, 0.2) is 18.3 Å². The van der Waals surface area contributed by atoms with Crippen LogP contribution in [0.5, 0.6) is 5.75 Å². The van der Waals surface area contributed by atoms with Crippen molar-refractivity contribution >= 4 is 11.7 Å². The second-order valence-electron chi connectivity index (χ2n) is 4.41. The Labute approximate surface area is 120 Å². The van der Waals surface area contributed by atoms with Crippen molar-refractivity contribution in [2.24, 2.45) is 0 Å². The Morgan fingerprint density at radius 3 is 2.52 bits per heavy atom. The van der Waals surface area contributed by atoms with Crippen LogP contribution in [0.3, 0.4) is 0 Å². The minimum absolute atomic E-state index is 0.0105. The van der Waals surface area contributed by atoms with Crippen molar-refractivity contribution < 1.29 is 18.3 Å². The molecule has 0 fully saturated rings. The van der Waals surface area contributed by atoms with Crippen LogP contribution in [0.4, 0.5) is 14.6 Å². The van der Waals surface area contributed by atoms with Gasteiger partial charge in [-0.1, -0.05) is 0 Å². The minimum Gasteiger partial charge on any atom is -0.497 e. The second-order valence-corrected chi connectivity index (χ2v) is 4.41. The van der Waals surface area contributed by atoms with E-state index < -0.39 is 23.1 Å². The lowest BCUT2D eigenvalue weighted by molar-refractivity contribution is 0.101. The number of ether oxygens (including phenoxy) is 1. The van der Waals surface area contributed by atoms with Crippen LogP contribution in [0, 0.1) is 18.6 Å². The first-order chi connectivity index (χ1) is 9.97. The molecule has 1 heterocycles. The van der Waals surface area contributed by atoms with Gasteiger partial charge in [-0.25, -0.2) is 13.5 Å². The van der Waals surface area contributed by atoms with E-state index in [1.54, 1.807) is 13.1 Å². The SMILES string of the molecule is CCn1ncc(C)c1NC(=O)c1c(F)cc(OC)cc1F. The third kappa shape index (κ3) is 2.86. The number of amides is 1. The number of anilines is 1. The summed E-state index contributed by atoms with van der Waals surface area (Å²) in [4.78, 5) is 12.1. The van der Waals surface area contributed by atoms with E-state index >= 15 is 0 Å². The predicted molar refractivity (Wildman–Crippen MR) is 73.5 cm³/mol. The Hall–Kier alpha value is -2.44. The third-order valence-electron chi connectivity index (χ3n) is 3.03. The van der Waals surface area contributed by atoms with Gasteiger partial charge >= 0.3 is 0 Å². The van der Waals surface area contributed by atoms with Crippen molar-refractivity contribution in [2.45, 2.75) is 20.4 Å². The first kappa shape index (κ1) is 15.0. The van der Waals surface area contributed by atoms with Crippen LogP contribution in [0.25, 0.3) is 0 Å². The summed E-state index contributed by atoms with van der Waals surface area (Å²) in [6.45, 7) is 4.11. The zero-order chi connectivity index (χ0) is 15.6. The minimum atomic E-state index is -0.982. The van der Waals surface area contributed by atoms with Crippen molar-refractivity contribution in [1.82, 2.24) is 9.78 Å². The van der Waals surface area contributed by atoms with Gasteiger partial charge in [0.2, 0.25) is 0 Å². The van der Waals surface area contributed by atoms with E-state index in [0.717, 1.165) is 12.1 Å². The quantitative estimate of drug-likeness (QED) is 0.943. The molecule has 0 aliphatic carbocycles. The van der Waals surface area contributed by atoms with Gasteiger partial charge in [-0.2, -0.15) is 5.10 Å². The molecule has 2 rings (SSSR count). The van der Waals surface area contributed by atoms with Crippen molar-refractivity contribution in [1.29, 1.82) is 0 Å². The topological polar surface area (TPSA) is 56.2 Å². The molecule has 1 amide bonds. The van der Waals surface area contributed by atoms with E-state index in [-0.39, 0.29) is 5.75 Å². The van der Waals surface area contributed by atoms with Crippen LogP contribution >= 0.6 is 0 Å². The molecule has 0 spiro atoms. The van der Waals surface area contributed by atoms with Crippen LogP contribution in [0.2, 0.25) is 0 Å². The van der Waals surface area contributed by atoms with E-state index in [1.165, 1.54) is 11.8 Å². The fraction of sp³-hybridized carbons (Fsp3) is 0.286. The molecule has 5 nitrogen and oxygen atoms in total. The zero-order valence-corrected chi connectivity index (χ0v) is 11.9.